The summed E-state index contributed by atoms with van der Waals surface area (Å²) in [6.07, 6.45) is 3.48. The molecule has 0 radical (unpaired) electrons. The number of hydrogen-bond acceptors (Lipinski definition) is 4. The summed E-state index contributed by atoms with van der Waals surface area (Å²) in [7, 11) is 4.25. The van der Waals surface area contributed by atoms with Gasteiger partial charge in [0.1, 0.15) is 0 Å². The monoisotopic (exact) mass is 344 g/mol. The minimum atomic E-state index is 0.520. The number of hydrogen-bond donors (Lipinski definition) is 0. The second-order valence-corrected chi connectivity index (χ2v) is 7.21. The first-order valence-electron chi connectivity index (χ1n) is 9.04. The Kier molecular flexibility index (Phi) is 4.21. The standard InChI is InChI=1S/C22H24N4/c1-15(2)16-6-5-7-17(12-16)19-14-25(3)26(4)22(19)18-8-9-20-21(13-18)24-11-10-23-20/h5-13,15H,14H2,1-4H3. The summed E-state index contributed by atoms with van der Waals surface area (Å²) in [4.78, 5) is 8.86. The van der Waals surface area contributed by atoms with E-state index in [-0.39, 0.29) is 0 Å². The highest BCUT2D eigenvalue weighted by atomic mass is 15.6. The Morgan fingerprint density at radius 3 is 2.42 bits per heavy atom. The first-order chi connectivity index (χ1) is 12.5. The van der Waals surface area contributed by atoms with Crippen molar-refractivity contribution in [1.29, 1.82) is 0 Å². The Bertz CT molecular complexity index is 990. The van der Waals surface area contributed by atoms with Gasteiger partial charge in [-0.25, -0.2) is 5.01 Å². The Balaban J connectivity index is 1.88. The van der Waals surface area contributed by atoms with Crippen molar-refractivity contribution in [2.75, 3.05) is 20.6 Å². The van der Waals surface area contributed by atoms with Crippen molar-refractivity contribution in [1.82, 2.24) is 20.0 Å². The van der Waals surface area contributed by atoms with Crippen molar-refractivity contribution in [2.45, 2.75) is 19.8 Å². The van der Waals surface area contributed by atoms with E-state index in [1.54, 1.807) is 12.4 Å². The van der Waals surface area contributed by atoms with Crippen LogP contribution in [0.15, 0.2) is 54.9 Å². The number of nitrogens with zero attached hydrogens (tertiary/aromatic N) is 4. The van der Waals surface area contributed by atoms with E-state index < -0.39 is 0 Å². The molecule has 0 bridgehead atoms. The zero-order valence-electron chi connectivity index (χ0n) is 15.8. The van der Waals surface area contributed by atoms with Crippen molar-refractivity contribution in [3.63, 3.8) is 0 Å². The minimum Gasteiger partial charge on any atom is -0.308 e. The van der Waals surface area contributed by atoms with Crippen LogP contribution in [0.2, 0.25) is 0 Å². The van der Waals surface area contributed by atoms with Crippen LogP contribution in [0.1, 0.15) is 36.5 Å². The normalized spacial score (nSPS) is 15.5. The van der Waals surface area contributed by atoms with E-state index in [0.717, 1.165) is 17.6 Å². The molecule has 1 aliphatic rings. The summed E-state index contributed by atoms with van der Waals surface area (Å²) < 4.78 is 0. The molecule has 4 heteroatoms. The van der Waals surface area contributed by atoms with Gasteiger partial charge in [-0.15, -0.1) is 0 Å². The number of hydrazine groups is 1. The van der Waals surface area contributed by atoms with E-state index >= 15 is 0 Å². The summed E-state index contributed by atoms with van der Waals surface area (Å²) in [5.41, 5.74) is 8.28. The molecule has 0 saturated carbocycles. The number of rotatable bonds is 3. The Labute approximate surface area is 154 Å². The van der Waals surface area contributed by atoms with Crippen molar-refractivity contribution in [2.24, 2.45) is 0 Å². The minimum absolute atomic E-state index is 0.520. The quantitative estimate of drug-likeness (QED) is 0.704. The summed E-state index contributed by atoms with van der Waals surface area (Å²) >= 11 is 0. The van der Waals surface area contributed by atoms with Crippen LogP contribution in [-0.4, -0.2) is 40.6 Å². The zero-order chi connectivity index (χ0) is 18.3. The van der Waals surface area contributed by atoms with Gasteiger partial charge < -0.3 is 5.01 Å². The maximum Gasteiger partial charge on any atom is 0.0893 e. The van der Waals surface area contributed by atoms with Gasteiger partial charge in [-0.3, -0.25) is 9.97 Å². The van der Waals surface area contributed by atoms with E-state index in [4.69, 9.17) is 0 Å². The average molecular weight is 344 g/mol. The third-order valence-electron chi connectivity index (χ3n) is 5.15. The van der Waals surface area contributed by atoms with E-state index in [1.807, 2.05) is 0 Å². The van der Waals surface area contributed by atoms with Crippen LogP contribution < -0.4 is 0 Å². The zero-order valence-corrected chi connectivity index (χ0v) is 15.8. The highest BCUT2D eigenvalue weighted by Crippen LogP contribution is 2.36. The van der Waals surface area contributed by atoms with Gasteiger partial charge in [-0.2, -0.15) is 0 Å². The fourth-order valence-electron chi connectivity index (χ4n) is 3.56. The lowest BCUT2D eigenvalue weighted by atomic mass is 9.95. The van der Waals surface area contributed by atoms with Gasteiger partial charge in [-0.05, 0) is 29.2 Å². The van der Waals surface area contributed by atoms with Crippen LogP contribution >= 0.6 is 0 Å². The van der Waals surface area contributed by atoms with E-state index in [9.17, 15) is 0 Å². The van der Waals surface area contributed by atoms with Crippen molar-refractivity contribution in [3.8, 4) is 0 Å². The van der Waals surface area contributed by atoms with Gasteiger partial charge in [0.2, 0.25) is 0 Å². The number of benzene rings is 2. The molecule has 2 aromatic carbocycles. The maximum atomic E-state index is 4.48. The van der Waals surface area contributed by atoms with Crippen LogP contribution in [0.5, 0.6) is 0 Å². The molecule has 0 amide bonds. The molecule has 0 spiro atoms. The highest BCUT2D eigenvalue weighted by molar-refractivity contribution is 5.94. The molecule has 4 nitrogen and oxygen atoms in total. The smallest absolute Gasteiger partial charge is 0.0893 e. The van der Waals surface area contributed by atoms with Crippen LogP contribution in [0.3, 0.4) is 0 Å². The number of fused-ring (bicyclic) bond motifs is 1. The average Bonchev–Trinajstić information content (AvgIpc) is 2.96. The Hall–Kier alpha value is -2.72. The molecule has 2 heterocycles. The molecule has 0 N–H and O–H groups in total. The third-order valence-corrected chi connectivity index (χ3v) is 5.15. The molecule has 0 aliphatic carbocycles. The molecule has 1 aliphatic heterocycles. The van der Waals surface area contributed by atoms with E-state index in [2.05, 4.69) is 90.4 Å². The van der Waals surface area contributed by atoms with Crippen LogP contribution in [0, 0.1) is 0 Å². The first-order valence-corrected chi connectivity index (χ1v) is 9.04. The second-order valence-electron chi connectivity index (χ2n) is 7.21. The lowest BCUT2D eigenvalue weighted by Crippen LogP contribution is -2.29. The Morgan fingerprint density at radius 1 is 0.885 bits per heavy atom. The predicted molar refractivity (Wildman–Crippen MR) is 107 cm³/mol. The molecular formula is C22H24N4. The van der Waals surface area contributed by atoms with Gasteiger partial charge in [0, 0.05) is 44.2 Å². The molecule has 26 heavy (non-hydrogen) atoms. The summed E-state index contributed by atoms with van der Waals surface area (Å²) in [6.45, 7) is 5.37. The summed E-state index contributed by atoms with van der Waals surface area (Å²) in [5, 5.41) is 4.47. The van der Waals surface area contributed by atoms with Gasteiger partial charge in [-0.1, -0.05) is 44.2 Å². The fourth-order valence-corrected chi connectivity index (χ4v) is 3.56. The lowest BCUT2D eigenvalue weighted by molar-refractivity contribution is 0.129. The molecule has 132 valence electrons. The highest BCUT2D eigenvalue weighted by Gasteiger charge is 2.27. The topological polar surface area (TPSA) is 32.3 Å². The van der Waals surface area contributed by atoms with Gasteiger partial charge in [0.05, 0.1) is 16.7 Å². The van der Waals surface area contributed by atoms with Crippen molar-refractivity contribution < 1.29 is 0 Å². The second kappa shape index (κ2) is 6.54. The molecule has 1 aromatic heterocycles. The third kappa shape index (κ3) is 2.86. The molecular weight excluding hydrogens is 320 g/mol. The van der Waals surface area contributed by atoms with Gasteiger partial charge in [0.15, 0.2) is 0 Å². The van der Waals surface area contributed by atoms with Crippen LogP contribution in [0.4, 0.5) is 0 Å². The van der Waals surface area contributed by atoms with Gasteiger partial charge in [0.25, 0.3) is 0 Å². The Morgan fingerprint density at radius 2 is 1.65 bits per heavy atom. The molecule has 0 saturated heterocycles. The molecule has 0 atom stereocenters. The van der Waals surface area contributed by atoms with E-state index in [1.165, 1.54) is 28.0 Å². The van der Waals surface area contributed by atoms with Crippen LogP contribution in [-0.2, 0) is 0 Å². The number of likely N-dealkylation sites (N-methyl/N-ethyl adjacent to an activating group) is 1. The SMILES string of the molecule is CC(C)c1cccc(C2=C(c3ccc4nccnc4c3)N(C)N(C)C2)c1. The van der Waals surface area contributed by atoms with E-state index in [0.29, 0.717) is 5.92 Å². The lowest BCUT2D eigenvalue weighted by Gasteiger charge is -2.24. The first kappa shape index (κ1) is 16.7. The van der Waals surface area contributed by atoms with Crippen molar-refractivity contribution in [3.05, 3.63) is 71.5 Å². The maximum absolute atomic E-state index is 4.48. The summed E-state index contributed by atoms with van der Waals surface area (Å²) in [6, 6.07) is 15.3. The fraction of sp³-hybridized carbons (Fsp3) is 0.273. The number of aromatic nitrogens is 2. The molecule has 4 rings (SSSR count). The molecule has 3 aromatic rings. The molecule has 0 unspecified atom stereocenters. The largest absolute Gasteiger partial charge is 0.308 e. The summed E-state index contributed by atoms with van der Waals surface area (Å²) in [5.74, 6) is 0.520. The van der Waals surface area contributed by atoms with Gasteiger partial charge >= 0.3 is 0 Å². The molecule has 0 fully saturated rings. The predicted octanol–water partition coefficient (Wildman–Crippen LogP) is 4.41. The van der Waals surface area contributed by atoms with Crippen LogP contribution in [0.25, 0.3) is 22.3 Å². The van der Waals surface area contributed by atoms with Crippen molar-refractivity contribution >= 4 is 22.3 Å².